The van der Waals surface area contributed by atoms with Crippen molar-refractivity contribution in [3.05, 3.63) is 53.6 Å². The van der Waals surface area contributed by atoms with Crippen LogP contribution in [0, 0.1) is 6.92 Å². The fourth-order valence-electron chi connectivity index (χ4n) is 2.32. The van der Waals surface area contributed by atoms with E-state index in [-0.39, 0.29) is 6.04 Å². The molecule has 2 aromatic rings. The van der Waals surface area contributed by atoms with Gasteiger partial charge in [-0.3, -0.25) is 14.6 Å². The summed E-state index contributed by atoms with van der Waals surface area (Å²) in [6.45, 7) is 3.92. The summed E-state index contributed by atoms with van der Waals surface area (Å²) in [5.74, 6) is -0.985. The Morgan fingerprint density at radius 2 is 2.09 bits per heavy atom. The lowest BCUT2D eigenvalue weighted by molar-refractivity contribution is -0.126. The third kappa shape index (κ3) is 3.42. The number of amides is 1. The minimum Gasteiger partial charge on any atom is -0.348 e. The summed E-state index contributed by atoms with van der Waals surface area (Å²) in [6, 6.07) is 7.23. The fraction of sp³-hybridized carbons (Fsp3) is 0.353. The number of ketones is 1. The van der Waals surface area contributed by atoms with E-state index in [0.29, 0.717) is 12.1 Å². The zero-order chi connectivity index (χ0) is 16.3. The molecule has 0 fully saturated rings. The summed E-state index contributed by atoms with van der Waals surface area (Å²) in [6.07, 6.45) is 4.12. The number of aryl methyl sites for hydroxylation is 2. The standard InChI is InChI=1S/C17H21N3O2/c1-12-7-8-18-14(10-12)11-13(2)20(4)17(22)16(21)15-6-5-9-19(15)3/h5-10,13H,11H2,1-4H3/t13-/m0/s1. The first-order valence-electron chi connectivity index (χ1n) is 7.24. The van der Waals surface area contributed by atoms with Gasteiger partial charge in [0, 0.05) is 44.6 Å². The molecule has 5 heteroatoms. The molecule has 22 heavy (non-hydrogen) atoms. The van der Waals surface area contributed by atoms with Crippen LogP contribution in [0.3, 0.4) is 0 Å². The lowest BCUT2D eigenvalue weighted by atomic mass is 10.1. The van der Waals surface area contributed by atoms with Gasteiger partial charge >= 0.3 is 0 Å². The number of carbonyl (C=O) groups is 2. The van der Waals surface area contributed by atoms with Gasteiger partial charge in [0.2, 0.25) is 0 Å². The molecular formula is C17H21N3O2. The Morgan fingerprint density at radius 3 is 2.68 bits per heavy atom. The molecule has 0 aliphatic rings. The van der Waals surface area contributed by atoms with Crippen molar-refractivity contribution in [3.8, 4) is 0 Å². The van der Waals surface area contributed by atoms with Gasteiger partial charge in [0.25, 0.3) is 11.7 Å². The molecule has 0 spiro atoms. The largest absolute Gasteiger partial charge is 0.348 e. The van der Waals surface area contributed by atoms with Crippen molar-refractivity contribution in [2.75, 3.05) is 7.05 Å². The molecule has 1 amide bonds. The van der Waals surface area contributed by atoms with Crippen LogP contribution in [0.1, 0.15) is 28.7 Å². The van der Waals surface area contributed by atoms with Gasteiger partial charge in [-0.1, -0.05) is 0 Å². The van der Waals surface area contributed by atoms with Crippen LogP contribution >= 0.6 is 0 Å². The van der Waals surface area contributed by atoms with Crippen LogP contribution < -0.4 is 0 Å². The summed E-state index contributed by atoms with van der Waals surface area (Å²) in [5, 5.41) is 0. The van der Waals surface area contributed by atoms with Crippen LogP contribution in [0.15, 0.2) is 36.7 Å². The molecule has 0 aliphatic carbocycles. The lowest BCUT2D eigenvalue weighted by Gasteiger charge is -2.24. The second-order valence-electron chi connectivity index (χ2n) is 5.63. The highest BCUT2D eigenvalue weighted by Crippen LogP contribution is 2.10. The number of Topliss-reactive ketones (excluding diaryl/α,β-unsaturated/α-hetero) is 1. The SMILES string of the molecule is Cc1ccnc(C[C@H](C)N(C)C(=O)C(=O)c2cccn2C)c1. The first-order chi connectivity index (χ1) is 10.4. The third-order valence-corrected chi connectivity index (χ3v) is 3.83. The van der Waals surface area contributed by atoms with Gasteiger partial charge in [0.1, 0.15) is 0 Å². The highest BCUT2D eigenvalue weighted by atomic mass is 16.2. The van der Waals surface area contributed by atoms with Gasteiger partial charge < -0.3 is 9.47 Å². The van der Waals surface area contributed by atoms with Gasteiger partial charge in [0.05, 0.1) is 5.69 Å². The predicted molar refractivity (Wildman–Crippen MR) is 84.7 cm³/mol. The average Bonchev–Trinajstić information content (AvgIpc) is 2.91. The molecule has 5 nitrogen and oxygen atoms in total. The van der Waals surface area contributed by atoms with E-state index in [1.54, 1.807) is 43.2 Å². The second kappa shape index (κ2) is 6.56. The summed E-state index contributed by atoms with van der Waals surface area (Å²) in [5.41, 5.74) is 2.45. The minimum atomic E-state index is -0.498. The molecule has 0 aliphatic heterocycles. The van der Waals surface area contributed by atoms with E-state index in [2.05, 4.69) is 4.98 Å². The number of hydrogen-bond donors (Lipinski definition) is 0. The van der Waals surface area contributed by atoms with E-state index < -0.39 is 11.7 Å². The van der Waals surface area contributed by atoms with Gasteiger partial charge in [-0.25, -0.2) is 0 Å². The molecule has 2 heterocycles. The maximum atomic E-state index is 12.3. The number of carbonyl (C=O) groups excluding carboxylic acids is 2. The van der Waals surface area contributed by atoms with E-state index in [0.717, 1.165) is 11.3 Å². The summed E-state index contributed by atoms with van der Waals surface area (Å²) < 4.78 is 1.65. The highest BCUT2D eigenvalue weighted by Gasteiger charge is 2.25. The topological polar surface area (TPSA) is 55.2 Å². The quantitative estimate of drug-likeness (QED) is 0.627. The van der Waals surface area contributed by atoms with Crippen molar-refractivity contribution >= 4 is 11.7 Å². The van der Waals surface area contributed by atoms with Crippen LogP contribution in [-0.4, -0.2) is 39.2 Å². The first kappa shape index (κ1) is 15.9. The molecule has 2 aromatic heterocycles. The van der Waals surface area contributed by atoms with Gasteiger partial charge in [0.15, 0.2) is 0 Å². The monoisotopic (exact) mass is 299 g/mol. The fourth-order valence-corrected chi connectivity index (χ4v) is 2.32. The molecule has 0 saturated carbocycles. The normalized spacial score (nSPS) is 12.0. The number of hydrogen-bond acceptors (Lipinski definition) is 3. The Kier molecular flexibility index (Phi) is 4.75. The molecule has 0 saturated heterocycles. The van der Waals surface area contributed by atoms with E-state index in [4.69, 9.17) is 0 Å². The summed E-state index contributed by atoms with van der Waals surface area (Å²) >= 11 is 0. The van der Waals surface area contributed by atoms with Gasteiger partial charge in [-0.2, -0.15) is 0 Å². The van der Waals surface area contributed by atoms with Crippen molar-refractivity contribution in [3.63, 3.8) is 0 Å². The minimum absolute atomic E-state index is 0.106. The van der Waals surface area contributed by atoms with Crippen LogP contribution in [0.2, 0.25) is 0 Å². The molecule has 0 aromatic carbocycles. The number of likely N-dealkylation sites (N-methyl/N-ethyl adjacent to an activating group) is 1. The van der Waals surface area contributed by atoms with Crippen molar-refractivity contribution in [2.45, 2.75) is 26.3 Å². The van der Waals surface area contributed by atoms with Crippen molar-refractivity contribution in [1.82, 2.24) is 14.5 Å². The van der Waals surface area contributed by atoms with Crippen LogP contribution in [-0.2, 0) is 18.3 Å². The highest BCUT2D eigenvalue weighted by molar-refractivity contribution is 6.42. The number of nitrogens with zero attached hydrogens (tertiary/aromatic N) is 3. The van der Waals surface area contributed by atoms with E-state index in [1.165, 1.54) is 4.90 Å². The van der Waals surface area contributed by atoms with Crippen molar-refractivity contribution in [1.29, 1.82) is 0 Å². The van der Waals surface area contributed by atoms with Gasteiger partial charge in [-0.05, 0) is 43.7 Å². The Bertz CT molecular complexity index is 691. The van der Waals surface area contributed by atoms with Crippen LogP contribution in [0.25, 0.3) is 0 Å². The Labute approximate surface area is 130 Å². The van der Waals surface area contributed by atoms with Crippen molar-refractivity contribution in [2.24, 2.45) is 7.05 Å². The molecule has 0 bridgehead atoms. The zero-order valence-corrected chi connectivity index (χ0v) is 13.4. The summed E-state index contributed by atoms with van der Waals surface area (Å²) in [7, 11) is 3.41. The zero-order valence-electron chi connectivity index (χ0n) is 13.4. The van der Waals surface area contributed by atoms with Gasteiger partial charge in [-0.15, -0.1) is 0 Å². The lowest BCUT2D eigenvalue weighted by Crippen LogP contribution is -2.41. The molecule has 1 atom stereocenters. The van der Waals surface area contributed by atoms with Crippen LogP contribution in [0.5, 0.6) is 0 Å². The first-order valence-corrected chi connectivity index (χ1v) is 7.24. The number of pyridine rings is 1. The summed E-state index contributed by atoms with van der Waals surface area (Å²) in [4.78, 5) is 30.4. The van der Waals surface area contributed by atoms with E-state index in [1.807, 2.05) is 26.0 Å². The second-order valence-corrected chi connectivity index (χ2v) is 5.63. The Hall–Kier alpha value is -2.43. The van der Waals surface area contributed by atoms with Crippen LogP contribution in [0.4, 0.5) is 0 Å². The van der Waals surface area contributed by atoms with E-state index in [9.17, 15) is 9.59 Å². The predicted octanol–water partition coefficient (Wildman–Crippen LogP) is 2.00. The Balaban J connectivity index is 2.07. The molecule has 0 unspecified atom stereocenters. The molecule has 0 N–H and O–H groups in total. The number of aromatic nitrogens is 2. The smallest absolute Gasteiger partial charge is 0.296 e. The number of rotatable bonds is 5. The van der Waals surface area contributed by atoms with E-state index >= 15 is 0 Å². The molecule has 116 valence electrons. The molecule has 0 radical (unpaired) electrons. The maximum absolute atomic E-state index is 12.3. The average molecular weight is 299 g/mol. The third-order valence-electron chi connectivity index (χ3n) is 3.83. The van der Waals surface area contributed by atoms with Crippen molar-refractivity contribution < 1.29 is 9.59 Å². The molecular weight excluding hydrogens is 278 g/mol. The maximum Gasteiger partial charge on any atom is 0.296 e. The Morgan fingerprint density at radius 1 is 1.36 bits per heavy atom. The molecule has 2 rings (SSSR count).